The average molecular weight is 269 g/mol. The highest BCUT2D eigenvalue weighted by Gasteiger charge is 2.12. The zero-order chi connectivity index (χ0) is 10.8. The van der Waals surface area contributed by atoms with E-state index in [2.05, 4.69) is 15.9 Å². The average Bonchev–Trinajstić information content (AvgIpc) is 2.27. The molecule has 0 saturated carbocycles. The maximum atomic E-state index is 13.5. The Bertz CT molecular complexity index is 480. The monoisotopic (exact) mass is 268 g/mol. The van der Waals surface area contributed by atoms with Crippen LogP contribution in [0.3, 0.4) is 0 Å². The van der Waals surface area contributed by atoms with Crippen LogP contribution in [0, 0.1) is 11.6 Å². The van der Waals surface area contributed by atoms with Crippen LogP contribution in [0.5, 0.6) is 0 Å². The maximum Gasteiger partial charge on any atom is 0.173 e. The van der Waals surface area contributed by atoms with Crippen LogP contribution < -0.4 is 0 Å². The smallest absolute Gasteiger partial charge is 0.173 e. The molecule has 2 aromatic rings. The SMILES string of the molecule is Fc1c(Br)ccc(-c2ccccc2)c1F. The van der Waals surface area contributed by atoms with Crippen LogP contribution >= 0.6 is 15.9 Å². The second kappa shape index (κ2) is 4.11. The van der Waals surface area contributed by atoms with Gasteiger partial charge in [-0.15, -0.1) is 0 Å². The molecule has 0 nitrogen and oxygen atoms in total. The Morgan fingerprint density at radius 3 is 2.13 bits per heavy atom. The molecular weight excluding hydrogens is 262 g/mol. The summed E-state index contributed by atoms with van der Waals surface area (Å²) in [5.41, 5.74) is 0.942. The summed E-state index contributed by atoms with van der Waals surface area (Å²) in [4.78, 5) is 0. The van der Waals surface area contributed by atoms with Gasteiger partial charge in [0.05, 0.1) is 4.47 Å². The molecule has 15 heavy (non-hydrogen) atoms. The van der Waals surface area contributed by atoms with Crippen LogP contribution in [-0.2, 0) is 0 Å². The van der Waals surface area contributed by atoms with Crippen molar-refractivity contribution in [3.63, 3.8) is 0 Å². The van der Waals surface area contributed by atoms with Crippen LogP contribution in [0.1, 0.15) is 0 Å². The standard InChI is InChI=1S/C12H7BrF2/c13-10-7-6-9(11(14)12(10)15)8-4-2-1-3-5-8/h1-7H. The van der Waals surface area contributed by atoms with E-state index in [1.165, 1.54) is 6.07 Å². The van der Waals surface area contributed by atoms with Gasteiger partial charge in [0.1, 0.15) is 0 Å². The zero-order valence-corrected chi connectivity index (χ0v) is 9.26. The predicted molar refractivity (Wildman–Crippen MR) is 59.5 cm³/mol. The number of benzene rings is 2. The Kier molecular flexibility index (Phi) is 2.82. The van der Waals surface area contributed by atoms with E-state index < -0.39 is 11.6 Å². The molecule has 76 valence electrons. The molecule has 0 unspecified atom stereocenters. The molecule has 3 heteroatoms. The summed E-state index contributed by atoms with van der Waals surface area (Å²) in [5.74, 6) is -1.67. The zero-order valence-electron chi connectivity index (χ0n) is 7.68. The van der Waals surface area contributed by atoms with E-state index in [0.717, 1.165) is 0 Å². The van der Waals surface area contributed by atoms with Crippen molar-refractivity contribution in [2.75, 3.05) is 0 Å². The molecule has 2 rings (SSSR count). The van der Waals surface area contributed by atoms with Crippen molar-refractivity contribution < 1.29 is 8.78 Å². The van der Waals surface area contributed by atoms with Crippen LogP contribution in [0.2, 0.25) is 0 Å². The summed E-state index contributed by atoms with van der Waals surface area (Å²) in [7, 11) is 0. The molecule has 0 aliphatic heterocycles. The van der Waals surface area contributed by atoms with Crippen molar-refractivity contribution in [2.45, 2.75) is 0 Å². The number of halogens is 3. The lowest BCUT2D eigenvalue weighted by Crippen LogP contribution is -1.90. The molecule has 0 aliphatic rings. The van der Waals surface area contributed by atoms with Gasteiger partial charge >= 0.3 is 0 Å². The molecular formula is C12H7BrF2. The van der Waals surface area contributed by atoms with E-state index >= 15 is 0 Å². The molecule has 0 heterocycles. The van der Waals surface area contributed by atoms with Crippen molar-refractivity contribution in [1.29, 1.82) is 0 Å². The van der Waals surface area contributed by atoms with Crippen molar-refractivity contribution in [1.82, 2.24) is 0 Å². The fourth-order valence-corrected chi connectivity index (χ4v) is 1.67. The Morgan fingerprint density at radius 2 is 1.47 bits per heavy atom. The largest absolute Gasteiger partial charge is 0.203 e. The minimum Gasteiger partial charge on any atom is -0.203 e. The van der Waals surface area contributed by atoms with Crippen LogP contribution in [-0.4, -0.2) is 0 Å². The van der Waals surface area contributed by atoms with Crippen LogP contribution in [0.15, 0.2) is 46.9 Å². The third-order valence-corrected chi connectivity index (χ3v) is 2.73. The van der Waals surface area contributed by atoms with Gasteiger partial charge in [-0.3, -0.25) is 0 Å². The Labute approximate surface area is 94.7 Å². The van der Waals surface area contributed by atoms with Gasteiger partial charge < -0.3 is 0 Å². The molecule has 2 aromatic carbocycles. The number of rotatable bonds is 1. The normalized spacial score (nSPS) is 10.3. The van der Waals surface area contributed by atoms with Gasteiger partial charge in [0.15, 0.2) is 11.6 Å². The summed E-state index contributed by atoms with van der Waals surface area (Å²) in [6, 6.07) is 11.9. The van der Waals surface area contributed by atoms with E-state index in [1.54, 1.807) is 30.3 Å². The van der Waals surface area contributed by atoms with Crippen LogP contribution in [0.25, 0.3) is 11.1 Å². The first kappa shape index (κ1) is 10.3. The fourth-order valence-electron chi connectivity index (χ4n) is 1.37. The summed E-state index contributed by atoms with van der Waals surface area (Å²) < 4.78 is 26.9. The van der Waals surface area contributed by atoms with Gasteiger partial charge in [-0.1, -0.05) is 36.4 Å². The van der Waals surface area contributed by atoms with Gasteiger partial charge in [0.2, 0.25) is 0 Å². The highest BCUT2D eigenvalue weighted by Crippen LogP contribution is 2.28. The van der Waals surface area contributed by atoms with Gasteiger partial charge in [-0.2, -0.15) is 0 Å². The molecule has 0 radical (unpaired) electrons. The van der Waals surface area contributed by atoms with Crippen molar-refractivity contribution in [2.24, 2.45) is 0 Å². The number of hydrogen-bond acceptors (Lipinski definition) is 0. The van der Waals surface area contributed by atoms with E-state index in [-0.39, 0.29) is 10.0 Å². The Balaban J connectivity index is 2.60. The summed E-state index contributed by atoms with van der Waals surface area (Å²) in [6.45, 7) is 0. The molecule has 0 N–H and O–H groups in total. The van der Waals surface area contributed by atoms with Crippen molar-refractivity contribution in [3.8, 4) is 11.1 Å². The molecule has 0 fully saturated rings. The molecule has 0 bridgehead atoms. The van der Waals surface area contributed by atoms with Gasteiger partial charge in [-0.25, -0.2) is 8.78 Å². The Morgan fingerprint density at radius 1 is 0.800 bits per heavy atom. The van der Waals surface area contributed by atoms with E-state index in [4.69, 9.17) is 0 Å². The minimum absolute atomic E-state index is 0.139. The second-order valence-electron chi connectivity index (χ2n) is 3.09. The lowest BCUT2D eigenvalue weighted by molar-refractivity contribution is 0.507. The Hall–Kier alpha value is -1.22. The lowest BCUT2D eigenvalue weighted by atomic mass is 10.1. The summed E-state index contributed by atoms with van der Waals surface area (Å²) in [5, 5.41) is 0. The van der Waals surface area contributed by atoms with Crippen LogP contribution in [0.4, 0.5) is 8.78 Å². The lowest BCUT2D eigenvalue weighted by Gasteiger charge is -2.04. The molecule has 0 aliphatic carbocycles. The minimum atomic E-state index is -0.851. The molecule has 0 atom stereocenters. The predicted octanol–water partition coefficient (Wildman–Crippen LogP) is 4.39. The van der Waals surface area contributed by atoms with Crippen molar-refractivity contribution >= 4 is 15.9 Å². The fraction of sp³-hybridized carbons (Fsp3) is 0. The molecule has 0 saturated heterocycles. The third kappa shape index (κ3) is 1.92. The maximum absolute atomic E-state index is 13.5. The topological polar surface area (TPSA) is 0 Å². The van der Waals surface area contributed by atoms with Gasteiger partial charge in [0.25, 0.3) is 0 Å². The van der Waals surface area contributed by atoms with Gasteiger partial charge in [-0.05, 0) is 27.6 Å². The number of hydrogen-bond donors (Lipinski definition) is 0. The van der Waals surface area contributed by atoms with E-state index in [0.29, 0.717) is 5.56 Å². The molecule has 0 amide bonds. The molecule has 0 spiro atoms. The van der Waals surface area contributed by atoms with E-state index in [1.807, 2.05) is 6.07 Å². The molecule has 0 aromatic heterocycles. The van der Waals surface area contributed by atoms with Crippen molar-refractivity contribution in [3.05, 3.63) is 58.6 Å². The third-order valence-electron chi connectivity index (χ3n) is 2.12. The van der Waals surface area contributed by atoms with Gasteiger partial charge in [0, 0.05) is 5.56 Å². The highest BCUT2D eigenvalue weighted by molar-refractivity contribution is 9.10. The first-order valence-electron chi connectivity index (χ1n) is 4.39. The summed E-state index contributed by atoms with van der Waals surface area (Å²) >= 11 is 2.94. The summed E-state index contributed by atoms with van der Waals surface area (Å²) in [6.07, 6.45) is 0. The second-order valence-corrected chi connectivity index (χ2v) is 3.94. The highest BCUT2D eigenvalue weighted by atomic mass is 79.9. The quantitative estimate of drug-likeness (QED) is 0.673. The first-order chi connectivity index (χ1) is 7.20. The first-order valence-corrected chi connectivity index (χ1v) is 5.18. The van der Waals surface area contributed by atoms with E-state index in [9.17, 15) is 8.78 Å².